The van der Waals surface area contributed by atoms with E-state index in [2.05, 4.69) is 20.8 Å². The molecule has 0 aliphatic carbocycles. The molecule has 0 saturated carbocycles. The van der Waals surface area contributed by atoms with E-state index < -0.39 is 155 Å². The van der Waals surface area contributed by atoms with E-state index in [1.165, 1.54) is 5.56 Å². The van der Waals surface area contributed by atoms with Crippen LogP contribution in [0.5, 0.6) is 0 Å². The summed E-state index contributed by atoms with van der Waals surface area (Å²) in [5.41, 5.74) is -8.63. The molecular formula is C63H35BF20O3S2. The Bertz CT molecular complexity index is 3880. The van der Waals surface area contributed by atoms with Gasteiger partial charge in [0.05, 0.1) is 11.1 Å². The molecule has 0 radical (unpaired) electrons. The molecule has 0 heterocycles. The molecule has 0 aromatic heterocycles. The number of hydrogen-bond acceptors (Lipinski definition) is 4. The Labute approximate surface area is 498 Å². The summed E-state index contributed by atoms with van der Waals surface area (Å²) >= 11 is 1.56. The lowest BCUT2D eigenvalue weighted by Gasteiger charge is -2.44. The third kappa shape index (κ3) is 11.9. The molecule has 0 aliphatic heterocycles. The van der Waals surface area contributed by atoms with Gasteiger partial charge in [0.2, 0.25) is 0 Å². The molecule has 0 atom stereocenters. The van der Waals surface area contributed by atoms with Gasteiger partial charge < -0.3 is 0 Å². The maximum atomic E-state index is 15.4. The van der Waals surface area contributed by atoms with Gasteiger partial charge in [-0.3, -0.25) is 4.79 Å². The third-order valence-corrected chi connectivity index (χ3v) is 17.0. The van der Waals surface area contributed by atoms with Gasteiger partial charge >= 0.3 is 10.2 Å². The van der Waals surface area contributed by atoms with Gasteiger partial charge in [-0.15, -0.1) is 21.9 Å². The summed E-state index contributed by atoms with van der Waals surface area (Å²) < 4.78 is 294. The van der Waals surface area contributed by atoms with Crippen LogP contribution in [0.1, 0.15) is 74.1 Å². The van der Waals surface area contributed by atoms with E-state index in [1.54, 1.807) is 36.0 Å². The Balaban J connectivity index is 0.000000230. The van der Waals surface area contributed by atoms with Crippen LogP contribution in [0.25, 0.3) is 0 Å². The van der Waals surface area contributed by atoms with Crippen LogP contribution in [0.15, 0.2) is 136 Å². The van der Waals surface area contributed by atoms with Gasteiger partial charge in [-0.2, -0.15) is 0 Å². The molecule has 460 valence electrons. The average molecular weight is 1290 g/mol. The minimum absolute atomic E-state index is 0.00474. The Morgan fingerprint density at radius 3 is 0.798 bits per heavy atom. The van der Waals surface area contributed by atoms with Crippen LogP contribution in [0.3, 0.4) is 0 Å². The Morgan fingerprint density at radius 2 is 0.539 bits per heavy atom. The highest BCUT2D eigenvalue weighted by Gasteiger charge is 2.52. The van der Waals surface area contributed by atoms with Gasteiger partial charge in [0.15, 0.2) is 91.4 Å². The Hall–Kier alpha value is -8.65. The molecule has 9 rings (SSSR count). The van der Waals surface area contributed by atoms with Crippen molar-refractivity contribution in [2.75, 3.05) is 0 Å². The van der Waals surface area contributed by atoms with Crippen LogP contribution in [0, 0.1) is 130 Å². The summed E-state index contributed by atoms with van der Waals surface area (Å²) in [7, 11) is -1.31. The number of halogens is 20. The van der Waals surface area contributed by atoms with Crippen molar-refractivity contribution in [2.45, 2.75) is 54.7 Å². The van der Waals surface area contributed by atoms with E-state index in [9.17, 15) is 67.1 Å². The fourth-order valence-electron chi connectivity index (χ4n) is 9.53. The number of carbonyl (C=O) groups is 3. The van der Waals surface area contributed by atoms with Gasteiger partial charge in [-0.05, 0) is 97.6 Å². The fourth-order valence-corrected chi connectivity index (χ4v) is 12.1. The summed E-state index contributed by atoms with van der Waals surface area (Å²) in [6, 6.07) is 37.8. The Morgan fingerprint density at radius 1 is 0.315 bits per heavy atom. The van der Waals surface area contributed by atoms with E-state index in [1.807, 2.05) is 111 Å². The first-order chi connectivity index (χ1) is 41.7. The zero-order valence-electron chi connectivity index (χ0n) is 45.7. The molecule has 0 aliphatic rings. The van der Waals surface area contributed by atoms with Gasteiger partial charge in [0.1, 0.15) is 52.7 Å². The van der Waals surface area contributed by atoms with E-state index >= 15 is 35.1 Å². The molecule has 0 saturated heterocycles. The molecule has 0 N–H and O–H groups in total. The monoisotopic (exact) mass is 1290 g/mol. The predicted molar refractivity (Wildman–Crippen MR) is 291 cm³/mol. The van der Waals surface area contributed by atoms with Crippen molar-refractivity contribution in [3.8, 4) is 0 Å². The SMILES string of the molecule is Cc1ccc(C(=O)[S+](C(=O)c2ccc(C)cc2)c2ccc(Sc3ccc(C(=O)c4ccc(C(C)(C)C)cc4)cc3)cc2)cc1.Fc1c(F)c(F)c([B-](c2c(F)c(F)c(F)c(F)c2F)(c2c(F)c(F)c(F)c(F)c2F)c2c(F)c(F)c(F)c(F)c2F)c(F)c1F. The molecule has 0 fully saturated rings. The molecular weight excluding hydrogens is 1260 g/mol. The van der Waals surface area contributed by atoms with Crippen molar-refractivity contribution in [3.63, 3.8) is 0 Å². The molecule has 9 aromatic rings. The van der Waals surface area contributed by atoms with E-state index in [0.717, 1.165) is 20.9 Å². The number of carbonyl (C=O) groups excluding carboxylic acids is 3. The number of aryl methyl sites for hydroxylation is 2. The second-order valence-electron chi connectivity index (χ2n) is 20.7. The first-order valence-electron chi connectivity index (χ1n) is 25.4. The van der Waals surface area contributed by atoms with Crippen LogP contribution in [-0.4, -0.2) is 22.2 Å². The standard InChI is InChI=1S/C39H35O3S2.C24BF20/c1-26-6-10-30(11-7-26)37(41)44(38(42)31-12-8-27(2)9-13-31)35-24-22-34(23-25-35)43-33-20-16-29(17-21-33)36(40)28-14-18-32(19-15-28)39(3,4)5;26-5-1(6(27)14(35)21(42)13(5)34)25(2-7(28)15(36)22(43)16(37)8(2)29,3-9(30)17(38)23(44)18(39)10(3)31)4-11(32)19(40)24(45)20(41)12(4)33/h6-25H,1-5H3;/q+1;-1. The maximum Gasteiger partial charge on any atom is 0.376 e. The van der Waals surface area contributed by atoms with Crippen LogP contribution < -0.4 is 21.9 Å². The van der Waals surface area contributed by atoms with Crippen LogP contribution in [0.4, 0.5) is 87.8 Å². The normalized spacial score (nSPS) is 11.7. The van der Waals surface area contributed by atoms with Crippen molar-refractivity contribution in [1.29, 1.82) is 0 Å². The maximum absolute atomic E-state index is 15.4. The molecule has 89 heavy (non-hydrogen) atoms. The van der Waals surface area contributed by atoms with Crippen molar-refractivity contribution in [2.24, 2.45) is 0 Å². The van der Waals surface area contributed by atoms with E-state index in [0.29, 0.717) is 27.1 Å². The van der Waals surface area contributed by atoms with Crippen LogP contribution >= 0.6 is 11.8 Å². The number of rotatable bonds is 11. The van der Waals surface area contributed by atoms with Crippen molar-refractivity contribution in [3.05, 3.63) is 277 Å². The first kappa shape index (κ1) is 66.3. The molecule has 9 aromatic carbocycles. The quantitative estimate of drug-likeness (QED) is 0.0323. The smallest absolute Gasteiger partial charge is 0.289 e. The fraction of sp³-hybridized carbons (Fsp3) is 0.0952. The number of benzene rings is 9. The lowest BCUT2D eigenvalue weighted by Crippen LogP contribution is -2.81. The molecule has 26 heteroatoms. The molecule has 0 spiro atoms. The summed E-state index contributed by atoms with van der Waals surface area (Å²) in [5.74, 6) is -71.4. The van der Waals surface area contributed by atoms with Crippen molar-refractivity contribution in [1.82, 2.24) is 0 Å². The zero-order valence-corrected chi connectivity index (χ0v) is 47.4. The van der Waals surface area contributed by atoms with Gasteiger partial charge in [0, 0.05) is 20.9 Å². The molecule has 3 nitrogen and oxygen atoms in total. The second kappa shape index (κ2) is 25.5. The first-order valence-corrected chi connectivity index (χ1v) is 27.5. The highest BCUT2D eigenvalue weighted by Crippen LogP contribution is 2.34. The largest absolute Gasteiger partial charge is 0.376 e. The Kier molecular flexibility index (Phi) is 19.0. The third-order valence-electron chi connectivity index (χ3n) is 14.1. The van der Waals surface area contributed by atoms with Crippen molar-refractivity contribution >= 4 is 66.7 Å². The average Bonchev–Trinajstić information content (AvgIpc) is 0.847. The van der Waals surface area contributed by atoms with Crippen LogP contribution in [0.2, 0.25) is 0 Å². The minimum Gasteiger partial charge on any atom is -0.289 e. The van der Waals surface area contributed by atoms with Gasteiger partial charge in [-0.25, -0.2) is 97.4 Å². The summed E-state index contributed by atoms with van der Waals surface area (Å²) in [4.78, 5) is 43.2. The van der Waals surface area contributed by atoms with Gasteiger partial charge in [0.25, 0.3) is 0 Å². The summed E-state index contributed by atoms with van der Waals surface area (Å²) in [6.45, 7) is 10.4. The summed E-state index contributed by atoms with van der Waals surface area (Å²) in [6.07, 6.45) is -7.22. The lowest BCUT2D eigenvalue weighted by atomic mass is 9.12. The molecule has 0 bridgehead atoms. The van der Waals surface area contributed by atoms with Gasteiger partial charge in [-0.1, -0.05) is 92.2 Å². The van der Waals surface area contributed by atoms with Crippen LogP contribution in [-0.2, 0) is 16.3 Å². The topological polar surface area (TPSA) is 51.2 Å². The molecule has 0 unspecified atom stereocenters. The van der Waals surface area contributed by atoms with E-state index in [-0.39, 0.29) is 21.4 Å². The minimum atomic E-state index is -7.22. The zero-order chi connectivity index (χ0) is 65.8. The molecule has 0 amide bonds. The lowest BCUT2D eigenvalue weighted by molar-refractivity contribution is 0.103. The number of ketones is 1. The predicted octanol–water partition coefficient (Wildman–Crippen LogP) is 15.5. The summed E-state index contributed by atoms with van der Waals surface area (Å²) in [5, 5.41) is -0.381. The highest BCUT2D eigenvalue weighted by molar-refractivity contribution is 8.24. The second-order valence-corrected chi connectivity index (χ2v) is 23.6. The van der Waals surface area contributed by atoms with Crippen molar-refractivity contribution < 1.29 is 102 Å². The van der Waals surface area contributed by atoms with E-state index in [4.69, 9.17) is 0 Å². The highest BCUT2D eigenvalue weighted by atomic mass is 32.2. The number of hydrogen-bond donors (Lipinski definition) is 0.